The molecule has 2 rings (SSSR count). The van der Waals surface area contributed by atoms with E-state index in [4.69, 9.17) is 0 Å². The number of carbonyl (C=O) groups excluding carboxylic acids is 1. The number of ether oxygens (including phenoxy) is 1. The lowest BCUT2D eigenvalue weighted by molar-refractivity contribution is -0.136. The standard InChI is InChI=1S/C10H11N3O2/c1-7-3-4-8(10(14)15-2)5-13-9(7)11-6-12-13/h3,5-6H,4H2,1-2H3. The van der Waals surface area contributed by atoms with E-state index in [0.717, 1.165) is 11.4 Å². The first-order valence-electron chi connectivity index (χ1n) is 4.58. The number of carbonyl (C=O) groups is 1. The summed E-state index contributed by atoms with van der Waals surface area (Å²) in [4.78, 5) is 15.5. The number of rotatable bonds is 1. The maximum absolute atomic E-state index is 11.4. The fourth-order valence-electron chi connectivity index (χ4n) is 1.45. The number of methoxy groups -OCH3 is 1. The molecule has 0 saturated heterocycles. The molecule has 0 bridgehead atoms. The first-order chi connectivity index (χ1) is 7.22. The molecule has 2 heterocycles. The Balaban J connectivity index is 2.46. The molecule has 0 radical (unpaired) electrons. The van der Waals surface area contributed by atoms with Crippen LogP contribution in [-0.4, -0.2) is 27.8 Å². The fraction of sp³-hybridized carbons (Fsp3) is 0.300. The summed E-state index contributed by atoms with van der Waals surface area (Å²) >= 11 is 0. The highest BCUT2D eigenvalue weighted by Crippen LogP contribution is 2.19. The van der Waals surface area contributed by atoms with Crippen LogP contribution in [0.2, 0.25) is 0 Å². The van der Waals surface area contributed by atoms with Crippen molar-refractivity contribution < 1.29 is 9.53 Å². The lowest BCUT2D eigenvalue weighted by atomic mass is 10.1. The Morgan fingerprint density at radius 1 is 1.60 bits per heavy atom. The summed E-state index contributed by atoms with van der Waals surface area (Å²) in [6.45, 7) is 1.94. The molecule has 1 aliphatic rings. The third kappa shape index (κ3) is 1.68. The molecule has 1 aromatic heterocycles. The van der Waals surface area contributed by atoms with E-state index in [1.54, 1.807) is 10.9 Å². The molecule has 1 aromatic rings. The molecule has 1 aliphatic heterocycles. The zero-order valence-corrected chi connectivity index (χ0v) is 8.60. The van der Waals surface area contributed by atoms with Crippen LogP contribution in [0.15, 0.2) is 18.0 Å². The molecule has 0 atom stereocenters. The Kier molecular flexibility index (Phi) is 2.37. The lowest BCUT2D eigenvalue weighted by Gasteiger charge is -2.00. The van der Waals surface area contributed by atoms with Crippen molar-refractivity contribution in [1.82, 2.24) is 14.8 Å². The first-order valence-corrected chi connectivity index (χ1v) is 4.58. The van der Waals surface area contributed by atoms with Gasteiger partial charge in [-0.25, -0.2) is 14.5 Å². The van der Waals surface area contributed by atoms with Crippen molar-refractivity contribution in [2.45, 2.75) is 13.3 Å². The van der Waals surface area contributed by atoms with Gasteiger partial charge in [-0.1, -0.05) is 6.08 Å². The Bertz CT molecular complexity index is 457. The first kappa shape index (κ1) is 9.64. The minimum atomic E-state index is -0.331. The molecule has 0 amide bonds. The van der Waals surface area contributed by atoms with E-state index in [9.17, 15) is 4.79 Å². The lowest BCUT2D eigenvalue weighted by Crippen LogP contribution is -2.05. The van der Waals surface area contributed by atoms with Gasteiger partial charge in [0, 0.05) is 6.20 Å². The molecule has 0 saturated carbocycles. The van der Waals surface area contributed by atoms with Gasteiger partial charge in [0.05, 0.1) is 12.7 Å². The van der Waals surface area contributed by atoms with Crippen LogP contribution in [0.3, 0.4) is 0 Å². The van der Waals surface area contributed by atoms with Crippen molar-refractivity contribution in [3.05, 3.63) is 23.8 Å². The van der Waals surface area contributed by atoms with E-state index in [0.29, 0.717) is 12.0 Å². The molecule has 5 heteroatoms. The number of aromatic nitrogens is 3. The molecule has 0 aromatic carbocycles. The van der Waals surface area contributed by atoms with E-state index < -0.39 is 0 Å². The molecule has 0 spiro atoms. The predicted octanol–water partition coefficient (Wildman–Crippen LogP) is 1.10. The van der Waals surface area contributed by atoms with Crippen molar-refractivity contribution in [2.24, 2.45) is 0 Å². The van der Waals surface area contributed by atoms with Crippen LogP contribution in [0.1, 0.15) is 19.2 Å². The third-order valence-corrected chi connectivity index (χ3v) is 2.28. The number of fused-ring (bicyclic) bond motifs is 1. The van der Waals surface area contributed by atoms with Crippen LogP contribution in [-0.2, 0) is 9.53 Å². The molecule has 78 valence electrons. The summed E-state index contributed by atoms with van der Waals surface area (Å²) in [5.41, 5.74) is 1.57. The van der Waals surface area contributed by atoms with E-state index in [2.05, 4.69) is 14.8 Å². The summed E-state index contributed by atoms with van der Waals surface area (Å²) in [5.74, 6) is 0.427. The average molecular weight is 205 g/mol. The van der Waals surface area contributed by atoms with Gasteiger partial charge in [-0.05, 0) is 18.9 Å². The van der Waals surface area contributed by atoms with Crippen molar-refractivity contribution >= 4 is 17.7 Å². The van der Waals surface area contributed by atoms with Gasteiger partial charge >= 0.3 is 5.97 Å². The largest absolute Gasteiger partial charge is 0.466 e. The maximum atomic E-state index is 11.4. The molecule has 5 nitrogen and oxygen atoms in total. The van der Waals surface area contributed by atoms with Crippen LogP contribution >= 0.6 is 0 Å². The van der Waals surface area contributed by atoms with Gasteiger partial charge in [-0.3, -0.25) is 0 Å². The van der Waals surface area contributed by atoms with E-state index >= 15 is 0 Å². The summed E-state index contributed by atoms with van der Waals surface area (Å²) in [6.07, 6.45) is 5.60. The van der Waals surface area contributed by atoms with Gasteiger partial charge in [-0.15, -0.1) is 0 Å². The van der Waals surface area contributed by atoms with E-state index in [-0.39, 0.29) is 5.97 Å². The van der Waals surface area contributed by atoms with Crippen LogP contribution < -0.4 is 0 Å². The SMILES string of the molecule is COC(=O)C1=Cn2ncnc2C(C)=CC1. The highest BCUT2D eigenvalue weighted by molar-refractivity contribution is 5.92. The topological polar surface area (TPSA) is 57.0 Å². The minimum absolute atomic E-state index is 0.331. The maximum Gasteiger partial charge on any atom is 0.335 e. The minimum Gasteiger partial charge on any atom is -0.466 e. The monoisotopic (exact) mass is 205 g/mol. The normalized spacial score (nSPS) is 14.8. The Morgan fingerprint density at radius 3 is 3.13 bits per heavy atom. The Labute approximate surface area is 87.1 Å². The zero-order chi connectivity index (χ0) is 10.8. The smallest absolute Gasteiger partial charge is 0.335 e. The Morgan fingerprint density at radius 2 is 2.40 bits per heavy atom. The average Bonchev–Trinajstić information content (AvgIpc) is 2.65. The number of hydrogen-bond acceptors (Lipinski definition) is 4. The van der Waals surface area contributed by atoms with Gasteiger partial charge in [0.2, 0.25) is 0 Å². The van der Waals surface area contributed by atoms with Gasteiger partial charge in [0.25, 0.3) is 0 Å². The number of allylic oxidation sites excluding steroid dienone is 2. The molecule has 15 heavy (non-hydrogen) atoms. The van der Waals surface area contributed by atoms with Gasteiger partial charge in [0.15, 0.2) is 5.82 Å². The second-order valence-electron chi connectivity index (χ2n) is 3.27. The molecular weight excluding hydrogens is 194 g/mol. The van der Waals surface area contributed by atoms with Crippen LogP contribution in [0, 0.1) is 0 Å². The molecular formula is C10H11N3O2. The summed E-state index contributed by atoms with van der Waals surface area (Å²) in [5, 5.41) is 4.01. The molecule has 0 fully saturated rings. The Hall–Kier alpha value is -1.91. The van der Waals surface area contributed by atoms with Gasteiger partial charge in [0.1, 0.15) is 6.33 Å². The van der Waals surface area contributed by atoms with Gasteiger partial charge < -0.3 is 4.74 Å². The summed E-state index contributed by atoms with van der Waals surface area (Å²) in [6, 6.07) is 0. The molecule has 0 aliphatic carbocycles. The summed E-state index contributed by atoms with van der Waals surface area (Å²) < 4.78 is 6.26. The van der Waals surface area contributed by atoms with Crippen molar-refractivity contribution in [3.63, 3.8) is 0 Å². The second-order valence-corrected chi connectivity index (χ2v) is 3.27. The fourth-order valence-corrected chi connectivity index (χ4v) is 1.45. The molecule has 0 N–H and O–H groups in total. The van der Waals surface area contributed by atoms with Crippen molar-refractivity contribution in [2.75, 3.05) is 7.11 Å². The quantitative estimate of drug-likeness (QED) is 0.644. The number of hydrogen-bond donors (Lipinski definition) is 0. The van der Waals surface area contributed by atoms with Crippen LogP contribution in [0.4, 0.5) is 0 Å². The van der Waals surface area contributed by atoms with Gasteiger partial charge in [-0.2, -0.15) is 5.10 Å². The predicted molar refractivity (Wildman–Crippen MR) is 54.6 cm³/mol. The number of nitrogens with zero attached hydrogens (tertiary/aromatic N) is 3. The van der Waals surface area contributed by atoms with Crippen LogP contribution in [0.5, 0.6) is 0 Å². The highest BCUT2D eigenvalue weighted by atomic mass is 16.5. The van der Waals surface area contributed by atoms with E-state index in [1.165, 1.54) is 13.4 Å². The zero-order valence-electron chi connectivity index (χ0n) is 8.60. The summed E-state index contributed by atoms with van der Waals surface area (Å²) in [7, 11) is 1.37. The molecule has 0 unspecified atom stereocenters. The third-order valence-electron chi connectivity index (χ3n) is 2.28. The van der Waals surface area contributed by atoms with Crippen LogP contribution in [0.25, 0.3) is 11.8 Å². The van der Waals surface area contributed by atoms with Crippen molar-refractivity contribution in [3.8, 4) is 0 Å². The highest BCUT2D eigenvalue weighted by Gasteiger charge is 2.15. The van der Waals surface area contributed by atoms with Crippen molar-refractivity contribution in [1.29, 1.82) is 0 Å². The second kappa shape index (κ2) is 3.68. The number of esters is 1. The van der Waals surface area contributed by atoms with E-state index in [1.807, 2.05) is 13.0 Å².